The normalized spacial score (nSPS) is 28.6. The highest BCUT2D eigenvalue weighted by atomic mass is 16.5. The zero-order valence-corrected chi connectivity index (χ0v) is 25.1. The van der Waals surface area contributed by atoms with Crippen LogP contribution in [0.4, 0.5) is 0 Å². The van der Waals surface area contributed by atoms with E-state index in [2.05, 4.69) is 71.0 Å². The topological polar surface area (TPSA) is 67.7 Å². The van der Waals surface area contributed by atoms with E-state index >= 15 is 0 Å². The van der Waals surface area contributed by atoms with E-state index < -0.39 is 0 Å². The van der Waals surface area contributed by atoms with Gasteiger partial charge in [-0.2, -0.15) is 0 Å². The number of nitrogens with zero attached hydrogens (tertiary/aromatic N) is 4. The minimum atomic E-state index is -0.235. The summed E-state index contributed by atoms with van der Waals surface area (Å²) in [5, 5.41) is 0. The Hall–Kier alpha value is -3.19. The first-order valence-corrected chi connectivity index (χ1v) is 16.2. The highest BCUT2D eigenvalue weighted by Gasteiger charge is 2.52. The Bertz CT molecular complexity index is 1430. The summed E-state index contributed by atoms with van der Waals surface area (Å²) < 4.78 is 7.69. The molecule has 1 amide bonds. The number of benzene rings is 2. The van der Waals surface area contributed by atoms with Crippen LogP contribution in [0.5, 0.6) is 0 Å². The van der Waals surface area contributed by atoms with Crippen molar-refractivity contribution in [2.75, 3.05) is 26.2 Å². The van der Waals surface area contributed by atoms with Crippen molar-refractivity contribution in [3.8, 4) is 0 Å². The maximum Gasteiger partial charge on any atom is 0.309 e. The van der Waals surface area contributed by atoms with Crippen LogP contribution in [-0.4, -0.2) is 69.6 Å². The van der Waals surface area contributed by atoms with Crippen LogP contribution < -0.4 is 0 Å². The maximum absolute atomic E-state index is 13.3. The van der Waals surface area contributed by atoms with Gasteiger partial charge >= 0.3 is 5.97 Å². The fraction of sp³-hybridized carbons (Fsp3) is 0.571. The van der Waals surface area contributed by atoms with Crippen molar-refractivity contribution < 1.29 is 14.3 Å². The molecule has 5 atom stereocenters. The van der Waals surface area contributed by atoms with Gasteiger partial charge in [0.25, 0.3) is 0 Å². The van der Waals surface area contributed by atoms with E-state index in [1.165, 1.54) is 36.8 Å². The number of likely N-dealkylation sites (tertiary alicyclic amines) is 1. The number of fused-ring (bicyclic) bond motifs is 3. The van der Waals surface area contributed by atoms with E-state index in [-0.39, 0.29) is 29.1 Å². The second-order valence-electron chi connectivity index (χ2n) is 13.2. The average molecular weight is 569 g/mol. The highest BCUT2D eigenvalue weighted by molar-refractivity contribution is 5.90. The quantitative estimate of drug-likeness (QED) is 0.328. The molecule has 1 aromatic heterocycles. The molecule has 7 heteroatoms. The predicted octanol–water partition coefficient (Wildman–Crippen LogP) is 5.66. The van der Waals surface area contributed by atoms with E-state index in [1.54, 1.807) is 0 Å². The molecule has 1 aliphatic carbocycles. The molecule has 0 spiro atoms. The van der Waals surface area contributed by atoms with Gasteiger partial charge in [-0.25, -0.2) is 4.98 Å². The largest absolute Gasteiger partial charge is 0.466 e. The first kappa shape index (κ1) is 27.6. The van der Waals surface area contributed by atoms with Gasteiger partial charge in [0.2, 0.25) is 5.91 Å². The van der Waals surface area contributed by atoms with Crippen molar-refractivity contribution in [2.24, 2.45) is 11.8 Å². The van der Waals surface area contributed by atoms with Gasteiger partial charge in [0, 0.05) is 31.2 Å². The number of piperidine rings is 2. The molecule has 4 fully saturated rings. The lowest BCUT2D eigenvalue weighted by atomic mass is 9.70. The number of hydrogen-bond donors (Lipinski definition) is 0. The highest BCUT2D eigenvalue weighted by Crippen LogP contribution is 2.46. The lowest BCUT2D eigenvalue weighted by Gasteiger charge is -2.45. The van der Waals surface area contributed by atoms with E-state index in [1.807, 2.05) is 11.8 Å². The summed E-state index contributed by atoms with van der Waals surface area (Å²) in [6, 6.07) is 21.4. The molecule has 0 radical (unpaired) electrons. The molecule has 3 saturated heterocycles. The Labute approximate surface area is 249 Å². The van der Waals surface area contributed by atoms with Crippen LogP contribution in [0.3, 0.4) is 0 Å². The third kappa shape index (κ3) is 4.93. The molecule has 0 N–H and O–H groups in total. The maximum atomic E-state index is 13.3. The molecule has 3 aromatic rings. The number of hydrogen-bond acceptors (Lipinski definition) is 5. The minimum absolute atomic E-state index is 0.0789. The van der Waals surface area contributed by atoms with E-state index in [9.17, 15) is 9.59 Å². The summed E-state index contributed by atoms with van der Waals surface area (Å²) >= 11 is 0. The Balaban J connectivity index is 1.03. The Morgan fingerprint density at radius 3 is 2.31 bits per heavy atom. The van der Waals surface area contributed by atoms with Crippen LogP contribution in [0.2, 0.25) is 0 Å². The summed E-state index contributed by atoms with van der Waals surface area (Å²) in [6.07, 6.45) is 8.69. The smallest absolute Gasteiger partial charge is 0.309 e. The molecule has 4 aliphatic rings. The van der Waals surface area contributed by atoms with Gasteiger partial charge in [0.15, 0.2) is 0 Å². The summed E-state index contributed by atoms with van der Waals surface area (Å²) in [4.78, 5) is 35.1. The van der Waals surface area contributed by atoms with Crippen molar-refractivity contribution in [2.45, 2.75) is 88.8 Å². The molecule has 4 heterocycles. The molecule has 222 valence electrons. The summed E-state index contributed by atoms with van der Waals surface area (Å²) in [7, 11) is 0. The van der Waals surface area contributed by atoms with Crippen molar-refractivity contribution in [1.82, 2.24) is 19.4 Å². The standard InChI is InChI=1S/C35H44N4O3/c1-3-42-34(41)30-23-29(30)33(40)37-18-15-35(16-19-37,25-9-5-4-6-10-25)17-20-38-26-13-14-27(38)22-28(21-26)39-24(2)36-31-11-7-8-12-32(31)39/h4-12,26-30H,3,13-23H2,1-2H3/t26-,27+,28+,29-,30-/m0/s1. The van der Waals surface area contributed by atoms with Gasteiger partial charge in [-0.15, -0.1) is 0 Å². The van der Waals surface area contributed by atoms with E-state index in [4.69, 9.17) is 9.72 Å². The number of esters is 1. The van der Waals surface area contributed by atoms with Crippen LogP contribution in [0.25, 0.3) is 11.0 Å². The third-order valence-corrected chi connectivity index (χ3v) is 11.0. The van der Waals surface area contributed by atoms with E-state index in [0.717, 1.165) is 50.2 Å². The number of aromatic nitrogens is 2. The molecule has 7 rings (SSSR count). The zero-order valence-electron chi connectivity index (χ0n) is 25.1. The van der Waals surface area contributed by atoms with Crippen LogP contribution in [0, 0.1) is 18.8 Å². The number of rotatable bonds is 8. The molecule has 7 nitrogen and oxygen atoms in total. The van der Waals surface area contributed by atoms with Crippen LogP contribution >= 0.6 is 0 Å². The van der Waals surface area contributed by atoms with E-state index in [0.29, 0.717) is 31.2 Å². The SMILES string of the molecule is CCOC(=O)[C@H]1C[C@@H]1C(=O)N1CCC(CCN2[C@@H]3CC[C@H]2C[C@@H](n2c(C)nc4ccccc42)C3)(c2ccccc2)CC1. The van der Waals surface area contributed by atoms with Crippen molar-refractivity contribution in [1.29, 1.82) is 0 Å². The number of imidazole rings is 1. The Morgan fingerprint density at radius 2 is 1.60 bits per heavy atom. The number of amides is 1. The number of ether oxygens (including phenoxy) is 1. The number of aryl methyl sites for hydroxylation is 1. The second kappa shape index (κ2) is 11.1. The molecular formula is C35H44N4O3. The van der Waals surface area contributed by atoms with Gasteiger partial charge in [-0.1, -0.05) is 42.5 Å². The lowest BCUT2D eigenvalue weighted by Crippen LogP contribution is -2.49. The number of carbonyl (C=O) groups is 2. The second-order valence-corrected chi connectivity index (χ2v) is 13.2. The van der Waals surface area contributed by atoms with Crippen molar-refractivity contribution >= 4 is 22.9 Å². The minimum Gasteiger partial charge on any atom is -0.466 e. The average Bonchev–Trinajstić information content (AvgIpc) is 3.69. The molecule has 2 bridgehead atoms. The summed E-state index contributed by atoms with van der Waals surface area (Å²) in [5.74, 6) is 0.666. The van der Waals surface area contributed by atoms with Gasteiger partial charge in [0.05, 0.1) is 29.5 Å². The Kier molecular flexibility index (Phi) is 7.33. The fourth-order valence-electron chi connectivity index (χ4n) is 8.63. The summed E-state index contributed by atoms with van der Waals surface area (Å²) in [5.41, 5.74) is 3.88. The van der Waals surface area contributed by atoms with Crippen molar-refractivity contribution in [3.63, 3.8) is 0 Å². The summed E-state index contributed by atoms with van der Waals surface area (Å²) in [6.45, 7) is 7.00. The van der Waals surface area contributed by atoms with Gasteiger partial charge in [0.1, 0.15) is 5.82 Å². The molecule has 1 saturated carbocycles. The van der Waals surface area contributed by atoms with Gasteiger partial charge < -0.3 is 14.2 Å². The first-order valence-electron chi connectivity index (χ1n) is 16.2. The number of para-hydroxylation sites is 2. The molecule has 2 aromatic carbocycles. The zero-order chi connectivity index (χ0) is 28.8. The molecular weight excluding hydrogens is 524 g/mol. The third-order valence-electron chi connectivity index (χ3n) is 11.0. The van der Waals surface area contributed by atoms with Gasteiger partial charge in [-0.05, 0) is 94.9 Å². The van der Waals surface area contributed by atoms with Crippen molar-refractivity contribution in [3.05, 3.63) is 66.0 Å². The fourth-order valence-corrected chi connectivity index (χ4v) is 8.63. The van der Waals surface area contributed by atoms with Crippen LogP contribution in [-0.2, 0) is 19.7 Å². The van der Waals surface area contributed by atoms with Crippen LogP contribution in [0.1, 0.15) is 75.7 Å². The molecule has 3 aliphatic heterocycles. The number of carbonyl (C=O) groups excluding carboxylic acids is 2. The monoisotopic (exact) mass is 568 g/mol. The Morgan fingerprint density at radius 1 is 0.905 bits per heavy atom. The van der Waals surface area contributed by atoms with Crippen LogP contribution in [0.15, 0.2) is 54.6 Å². The van der Waals surface area contributed by atoms with Gasteiger partial charge in [-0.3, -0.25) is 14.5 Å². The molecule has 42 heavy (non-hydrogen) atoms. The first-order chi connectivity index (χ1) is 20.5. The predicted molar refractivity (Wildman–Crippen MR) is 163 cm³/mol. The molecule has 0 unspecified atom stereocenters. The lowest BCUT2D eigenvalue weighted by molar-refractivity contribution is -0.147.